The number of hydrogen-bond donors (Lipinski definition) is 0. The Morgan fingerprint density at radius 2 is 2.50 bits per heavy atom. The molecular weight excluding hydrogens is 69.7 g/mol. The Bertz CT molecular complexity index is 43.5. The SMILES string of the molecule is BCC(=C)BC. The van der Waals surface area contributed by atoms with Crippen molar-refractivity contribution in [3.05, 3.63) is 12.1 Å². The Hall–Kier alpha value is -0.130. The maximum atomic E-state index is 3.79. The second-order valence-corrected chi connectivity index (χ2v) is 1.46. The summed E-state index contributed by atoms with van der Waals surface area (Å²) in [4.78, 5) is 0. The standard InChI is InChI=1S/C4H10B2/c1-4(3-5)6-2/h6H,1,3,5H2,2H3. The van der Waals surface area contributed by atoms with Gasteiger partial charge in [0.1, 0.15) is 15.1 Å². The van der Waals surface area contributed by atoms with Gasteiger partial charge >= 0.3 is 0 Å². The molecule has 32 valence electrons. The highest BCUT2D eigenvalue weighted by molar-refractivity contribution is 6.45. The van der Waals surface area contributed by atoms with E-state index in [1.54, 1.807) is 0 Å². The molecule has 0 heterocycles. The maximum absolute atomic E-state index is 3.79. The number of rotatable bonds is 2. The van der Waals surface area contributed by atoms with E-state index in [-0.39, 0.29) is 0 Å². The smallest absolute Gasteiger partial charge is 0.121 e. The van der Waals surface area contributed by atoms with Gasteiger partial charge in [-0.15, -0.1) is 12.1 Å². The molecule has 0 amide bonds. The highest BCUT2D eigenvalue weighted by Crippen LogP contribution is 1.88. The summed E-state index contributed by atoms with van der Waals surface area (Å²) in [6, 6.07) is 0. The van der Waals surface area contributed by atoms with Crippen molar-refractivity contribution < 1.29 is 0 Å². The number of hydrogen-bond acceptors (Lipinski definition) is 0. The Labute approximate surface area is 41.3 Å². The highest BCUT2D eigenvalue weighted by atomic mass is 13.6. The molecule has 0 fully saturated rings. The van der Waals surface area contributed by atoms with Gasteiger partial charge in [-0.3, -0.25) is 0 Å². The summed E-state index contributed by atoms with van der Waals surface area (Å²) in [7, 11) is 3.27. The molecular formula is C4H10B2. The van der Waals surface area contributed by atoms with E-state index in [1.165, 1.54) is 5.47 Å². The molecule has 0 aliphatic carbocycles. The first-order chi connectivity index (χ1) is 2.81. The van der Waals surface area contributed by atoms with Crippen LogP contribution >= 0.6 is 0 Å². The molecule has 0 rings (SSSR count). The molecule has 0 aromatic heterocycles. The third-order valence-electron chi connectivity index (χ3n) is 1.000. The molecule has 0 atom stereocenters. The Morgan fingerprint density at radius 1 is 2.00 bits per heavy atom. The predicted octanol–water partition coefficient (Wildman–Crippen LogP) is 0.0361. The zero-order valence-corrected chi connectivity index (χ0v) is 4.62. The predicted molar refractivity (Wildman–Crippen MR) is 35.5 cm³/mol. The lowest BCUT2D eigenvalue weighted by Gasteiger charge is -1.87. The largest absolute Gasteiger partial charge is 0.147 e. The summed E-state index contributed by atoms with van der Waals surface area (Å²) in [5, 5.41) is 0. The Kier molecular flexibility index (Phi) is 3.01. The van der Waals surface area contributed by atoms with Crippen LogP contribution in [0.1, 0.15) is 0 Å². The van der Waals surface area contributed by atoms with Crippen molar-refractivity contribution in [1.29, 1.82) is 0 Å². The summed E-state index contributed by atoms with van der Waals surface area (Å²) in [6.45, 7) is 5.92. The third-order valence-corrected chi connectivity index (χ3v) is 1.000. The van der Waals surface area contributed by atoms with Crippen LogP contribution in [0.3, 0.4) is 0 Å². The summed E-state index contributed by atoms with van der Waals surface area (Å²) < 4.78 is 0. The van der Waals surface area contributed by atoms with Crippen LogP contribution in [-0.2, 0) is 0 Å². The summed E-state index contributed by atoms with van der Waals surface area (Å²) in [5.74, 6) is 0. The van der Waals surface area contributed by atoms with Gasteiger partial charge in [0.25, 0.3) is 0 Å². The third kappa shape index (κ3) is 2.13. The van der Waals surface area contributed by atoms with Crippen molar-refractivity contribution in [2.24, 2.45) is 0 Å². The van der Waals surface area contributed by atoms with E-state index in [9.17, 15) is 0 Å². The summed E-state index contributed by atoms with van der Waals surface area (Å²) in [5.41, 5.74) is 1.34. The molecule has 0 unspecified atom stereocenters. The van der Waals surface area contributed by atoms with E-state index in [1.807, 2.05) is 0 Å². The van der Waals surface area contributed by atoms with Crippen LogP contribution in [0.5, 0.6) is 0 Å². The van der Waals surface area contributed by atoms with Crippen molar-refractivity contribution in [3.63, 3.8) is 0 Å². The molecule has 0 aromatic rings. The summed E-state index contributed by atoms with van der Waals surface area (Å²) >= 11 is 0. The molecule has 0 aliphatic heterocycles. The van der Waals surface area contributed by atoms with Gasteiger partial charge < -0.3 is 0 Å². The lowest BCUT2D eigenvalue weighted by atomic mass is 9.68. The average molecular weight is 79.7 g/mol. The van der Waals surface area contributed by atoms with E-state index in [0.717, 1.165) is 13.6 Å². The van der Waals surface area contributed by atoms with Gasteiger partial charge in [-0.25, -0.2) is 0 Å². The second-order valence-electron chi connectivity index (χ2n) is 1.46. The van der Waals surface area contributed by atoms with E-state index in [4.69, 9.17) is 0 Å². The van der Waals surface area contributed by atoms with Crippen LogP contribution in [-0.4, -0.2) is 15.1 Å². The Balaban J connectivity index is 2.99. The topological polar surface area (TPSA) is 0 Å². The molecule has 0 saturated carbocycles. The van der Waals surface area contributed by atoms with E-state index < -0.39 is 0 Å². The molecule has 0 spiro atoms. The van der Waals surface area contributed by atoms with E-state index in [0.29, 0.717) is 0 Å². The minimum absolute atomic E-state index is 1.14. The Morgan fingerprint density at radius 3 is 2.50 bits per heavy atom. The molecule has 0 nitrogen and oxygen atoms in total. The molecule has 0 saturated heterocycles. The minimum atomic E-state index is 1.14. The fourth-order valence-corrected chi connectivity index (χ4v) is 0.250. The molecule has 0 radical (unpaired) electrons. The van der Waals surface area contributed by atoms with E-state index >= 15 is 0 Å². The fourth-order valence-electron chi connectivity index (χ4n) is 0.250. The molecule has 0 bridgehead atoms. The van der Waals surface area contributed by atoms with Crippen LogP contribution < -0.4 is 0 Å². The van der Waals surface area contributed by atoms with Gasteiger partial charge in [-0.2, -0.15) is 0 Å². The lowest BCUT2D eigenvalue weighted by Crippen LogP contribution is -1.84. The van der Waals surface area contributed by atoms with Crippen LogP contribution in [0.15, 0.2) is 12.1 Å². The average Bonchev–Trinajstić information content (AvgIpc) is 1.65. The van der Waals surface area contributed by atoms with E-state index in [2.05, 4.69) is 21.2 Å². The zero-order chi connectivity index (χ0) is 4.99. The van der Waals surface area contributed by atoms with Gasteiger partial charge in [0.15, 0.2) is 0 Å². The van der Waals surface area contributed by atoms with Crippen LogP contribution in [0.25, 0.3) is 0 Å². The number of allylic oxidation sites excluding steroid dienone is 1. The molecule has 0 aliphatic rings. The quantitative estimate of drug-likeness (QED) is 0.410. The van der Waals surface area contributed by atoms with Crippen molar-refractivity contribution in [1.82, 2.24) is 0 Å². The van der Waals surface area contributed by atoms with Crippen LogP contribution in [0.4, 0.5) is 0 Å². The molecule has 6 heavy (non-hydrogen) atoms. The second kappa shape index (κ2) is 3.08. The van der Waals surface area contributed by atoms with Gasteiger partial charge in [-0.1, -0.05) is 13.1 Å². The molecule has 0 aromatic carbocycles. The first kappa shape index (κ1) is 5.87. The normalized spacial score (nSPS) is 7.50. The first-order valence-electron chi connectivity index (χ1n) is 2.47. The summed E-state index contributed by atoms with van der Waals surface area (Å²) in [6.07, 6.45) is 1.14. The van der Waals surface area contributed by atoms with Gasteiger partial charge in [-0.05, 0) is 0 Å². The van der Waals surface area contributed by atoms with Crippen molar-refractivity contribution in [2.75, 3.05) is 0 Å². The first-order valence-corrected chi connectivity index (χ1v) is 2.47. The zero-order valence-electron chi connectivity index (χ0n) is 4.62. The monoisotopic (exact) mass is 80.1 g/mol. The van der Waals surface area contributed by atoms with Crippen molar-refractivity contribution in [3.8, 4) is 0 Å². The van der Waals surface area contributed by atoms with Crippen molar-refractivity contribution in [2.45, 2.75) is 13.1 Å². The molecule has 2 heteroatoms. The van der Waals surface area contributed by atoms with Crippen LogP contribution in [0, 0.1) is 0 Å². The molecule has 0 N–H and O–H groups in total. The lowest BCUT2D eigenvalue weighted by molar-refractivity contribution is 1.66. The minimum Gasteiger partial charge on any atom is -0.121 e. The maximum Gasteiger partial charge on any atom is 0.147 e. The van der Waals surface area contributed by atoms with Crippen LogP contribution in [0.2, 0.25) is 13.1 Å². The van der Waals surface area contributed by atoms with Crippen molar-refractivity contribution >= 4 is 15.1 Å². The van der Waals surface area contributed by atoms with Gasteiger partial charge in [0.2, 0.25) is 0 Å². The fraction of sp³-hybridized carbons (Fsp3) is 0.500. The van der Waals surface area contributed by atoms with Gasteiger partial charge in [0.05, 0.1) is 0 Å². The van der Waals surface area contributed by atoms with Gasteiger partial charge in [0, 0.05) is 0 Å². The highest BCUT2D eigenvalue weighted by Gasteiger charge is 1.81.